The second-order valence-electron chi connectivity index (χ2n) is 5.68. The van der Waals surface area contributed by atoms with Crippen LogP contribution in [0.2, 0.25) is 0 Å². The van der Waals surface area contributed by atoms with Crippen molar-refractivity contribution in [2.24, 2.45) is 11.8 Å². The van der Waals surface area contributed by atoms with Crippen LogP contribution in [-0.4, -0.2) is 13.1 Å². The van der Waals surface area contributed by atoms with Gasteiger partial charge in [0.05, 0.1) is 0 Å². The third-order valence-corrected chi connectivity index (χ3v) is 4.68. The van der Waals surface area contributed by atoms with Crippen molar-refractivity contribution < 1.29 is 0 Å². The second kappa shape index (κ2) is 12.9. The SMILES string of the molecule is CC.CC.CC.CC1=CC2CCNCC2C2=C1CCCCC2. The Kier molecular flexibility index (Phi) is 12.6. The standard InChI is InChI=1S/C15H23N.3C2H6/c1-11-9-12-7-8-16-10-15(12)14-6-4-2-3-5-13(11)14;3*1-2/h9,12,15-16H,2-8,10H2,1H3;3*1-2H3. The Morgan fingerprint density at radius 2 is 1.55 bits per heavy atom. The minimum absolute atomic E-state index is 0.838. The van der Waals surface area contributed by atoms with E-state index in [2.05, 4.69) is 18.3 Å². The molecule has 130 valence electrons. The van der Waals surface area contributed by atoms with Crippen LogP contribution in [0.3, 0.4) is 0 Å². The van der Waals surface area contributed by atoms with Gasteiger partial charge in [0, 0.05) is 6.54 Å². The average Bonchev–Trinajstić information content (AvgIpc) is 2.87. The summed E-state index contributed by atoms with van der Waals surface area (Å²) in [6.45, 7) is 16.8. The average molecular weight is 308 g/mol. The number of hydrogen-bond acceptors (Lipinski definition) is 1. The van der Waals surface area contributed by atoms with Crippen molar-refractivity contribution in [3.63, 3.8) is 0 Å². The maximum Gasteiger partial charge on any atom is 0.00227 e. The fourth-order valence-corrected chi connectivity index (χ4v) is 3.85. The van der Waals surface area contributed by atoms with Crippen LogP contribution in [0, 0.1) is 11.8 Å². The highest BCUT2D eigenvalue weighted by atomic mass is 14.9. The summed E-state index contributed by atoms with van der Waals surface area (Å²) in [7, 11) is 0. The van der Waals surface area contributed by atoms with Gasteiger partial charge in [0.25, 0.3) is 0 Å². The highest BCUT2D eigenvalue weighted by molar-refractivity contribution is 5.41. The fourth-order valence-electron chi connectivity index (χ4n) is 3.85. The molecule has 0 saturated carbocycles. The molecular formula is C21H41N. The van der Waals surface area contributed by atoms with Gasteiger partial charge in [-0.1, -0.05) is 65.2 Å². The van der Waals surface area contributed by atoms with Crippen molar-refractivity contribution in [1.82, 2.24) is 5.32 Å². The highest BCUT2D eigenvalue weighted by Gasteiger charge is 2.32. The molecule has 2 unspecified atom stereocenters. The molecule has 1 heteroatoms. The molecule has 2 atom stereocenters. The third-order valence-electron chi connectivity index (χ3n) is 4.68. The molecule has 0 aromatic carbocycles. The number of piperidine rings is 1. The van der Waals surface area contributed by atoms with Crippen LogP contribution in [0.15, 0.2) is 22.8 Å². The van der Waals surface area contributed by atoms with E-state index in [-0.39, 0.29) is 0 Å². The first-order chi connectivity index (χ1) is 10.9. The Bertz CT molecular complexity index is 338. The predicted octanol–water partition coefficient (Wildman–Crippen LogP) is 6.51. The summed E-state index contributed by atoms with van der Waals surface area (Å²) in [6, 6.07) is 0. The smallest absolute Gasteiger partial charge is 0.00227 e. The molecule has 1 fully saturated rings. The van der Waals surface area contributed by atoms with Crippen LogP contribution in [0.4, 0.5) is 0 Å². The largest absolute Gasteiger partial charge is 0.316 e. The van der Waals surface area contributed by atoms with Crippen molar-refractivity contribution in [1.29, 1.82) is 0 Å². The van der Waals surface area contributed by atoms with Crippen LogP contribution in [0.5, 0.6) is 0 Å². The first-order valence-electron chi connectivity index (χ1n) is 9.97. The number of allylic oxidation sites excluding steroid dienone is 3. The Balaban J connectivity index is 0.000000661. The Morgan fingerprint density at radius 3 is 2.23 bits per heavy atom. The van der Waals surface area contributed by atoms with Crippen molar-refractivity contribution >= 4 is 0 Å². The molecule has 3 rings (SSSR count). The van der Waals surface area contributed by atoms with E-state index in [9.17, 15) is 0 Å². The molecular weight excluding hydrogens is 266 g/mol. The van der Waals surface area contributed by atoms with Gasteiger partial charge >= 0.3 is 0 Å². The summed E-state index contributed by atoms with van der Waals surface area (Å²) >= 11 is 0. The lowest BCUT2D eigenvalue weighted by molar-refractivity contribution is 0.327. The Morgan fingerprint density at radius 1 is 0.909 bits per heavy atom. The van der Waals surface area contributed by atoms with Crippen molar-refractivity contribution in [2.45, 2.75) is 87.0 Å². The molecule has 1 heterocycles. The highest BCUT2D eigenvalue weighted by Crippen LogP contribution is 2.42. The second-order valence-corrected chi connectivity index (χ2v) is 5.68. The minimum Gasteiger partial charge on any atom is -0.316 e. The maximum atomic E-state index is 3.59. The predicted molar refractivity (Wildman–Crippen MR) is 102 cm³/mol. The van der Waals surface area contributed by atoms with E-state index >= 15 is 0 Å². The van der Waals surface area contributed by atoms with Crippen LogP contribution >= 0.6 is 0 Å². The number of rotatable bonds is 0. The summed E-state index contributed by atoms with van der Waals surface area (Å²) in [5, 5.41) is 3.59. The van der Waals surface area contributed by atoms with E-state index in [1.165, 1.54) is 51.6 Å². The summed E-state index contributed by atoms with van der Waals surface area (Å²) in [4.78, 5) is 0. The van der Waals surface area contributed by atoms with Gasteiger partial charge in [-0.2, -0.15) is 0 Å². The molecule has 0 spiro atoms. The van der Waals surface area contributed by atoms with Gasteiger partial charge in [-0.3, -0.25) is 0 Å². The normalized spacial score (nSPS) is 26.2. The lowest BCUT2D eigenvalue weighted by atomic mass is 9.72. The van der Waals surface area contributed by atoms with Crippen LogP contribution < -0.4 is 5.32 Å². The topological polar surface area (TPSA) is 12.0 Å². The van der Waals surface area contributed by atoms with Gasteiger partial charge in [-0.15, -0.1) is 0 Å². The summed E-state index contributed by atoms with van der Waals surface area (Å²) in [5.41, 5.74) is 5.18. The van der Waals surface area contributed by atoms with E-state index in [0.717, 1.165) is 11.8 Å². The molecule has 3 aliphatic rings. The van der Waals surface area contributed by atoms with Gasteiger partial charge in [0.2, 0.25) is 0 Å². The van der Waals surface area contributed by atoms with Crippen LogP contribution in [0.25, 0.3) is 0 Å². The molecule has 0 bridgehead atoms. The zero-order valence-corrected chi connectivity index (χ0v) is 16.4. The molecule has 1 nitrogen and oxygen atoms in total. The molecule has 0 radical (unpaired) electrons. The van der Waals surface area contributed by atoms with E-state index in [1.54, 1.807) is 11.1 Å². The van der Waals surface area contributed by atoms with Gasteiger partial charge in [0.1, 0.15) is 0 Å². The summed E-state index contributed by atoms with van der Waals surface area (Å²) < 4.78 is 0. The molecule has 0 aromatic rings. The Hall–Kier alpha value is -0.560. The molecule has 1 N–H and O–H groups in total. The van der Waals surface area contributed by atoms with Crippen molar-refractivity contribution in [2.75, 3.05) is 13.1 Å². The maximum absolute atomic E-state index is 3.59. The first-order valence-corrected chi connectivity index (χ1v) is 9.97. The van der Waals surface area contributed by atoms with Crippen molar-refractivity contribution in [3.05, 3.63) is 22.8 Å². The van der Waals surface area contributed by atoms with Gasteiger partial charge < -0.3 is 5.32 Å². The zero-order valence-electron chi connectivity index (χ0n) is 16.4. The molecule has 2 aliphatic carbocycles. The Labute approximate surface area is 140 Å². The lowest BCUT2D eigenvalue weighted by Crippen LogP contribution is -2.38. The number of nitrogens with one attached hydrogen (secondary N) is 1. The first kappa shape index (κ1) is 21.4. The minimum atomic E-state index is 0.838. The molecule has 22 heavy (non-hydrogen) atoms. The summed E-state index contributed by atoms with van der Waals surface area (Å²) in [6.07, 6.45) is 10.9. The molecule has 0 amide bonds. The van der Waals surface area contributed by atoms with Gasteiger partial charge in [-0.05, 0) is 63.0 Å². The van der Waals surface area contributed by atoms with Crippen LogP contribution in [0.1, 0.15) is 87.0 Å². The molecule has 0 aromatic heterocycles. The molecule has 1 aliphatic heterocycles. The van der Waals surface area contributed by atoms with Gasteiger partial charge in [0.15, 0.2) is 0 Å². The summed E-state index contributed by atoms with van der Waals surface area (Å²) in [5.74, 6) is 1.68. The monoisotopic (exact) mass is 307 g/mol. The van der Waals surface area contributed by atoms with E-state index in [1.807, 2.05) is 47.1 Å². The lowest BCUT2D eigenvalue weighted by Gasteiger charge is -2.37. The molecule has 1 saturated heterocycles. The number of hydrogen-bond donors (Lipinski definition) is 1. The van der Waals surface area contributed by atoms with E-state index in [4.69, 9.17) is 0 Å². The van der Waals surface area contributed by atoms with E-state index in [0.29, 0.717) is 0 Å². The zero-order chi connectivity index (χ0) is 17.0. The quantitative estimate of drug-likeness (QED) is 0.538. The fraction of sp³-hybridized carbons (Fsp3) is 0.810. The number of fused-ring (bicyclic) bond motifs is 2. The third kappa shape index (κ3) is 5.57. The van der Waals surface area contributed by atoms with Crippen LogP contribution in [-0.2, 0) is 0 Å². The van der Waals surface area contributed by atoms with Crippen molar-refractivity contribution in [3.8, 4) is 0 Å². The van der Waals surface area contributed by atoms with E-state index < -0.39 is 0 Å². The van der Waals surface area contributed by atoms with Gasteiger partial charge in [-0.25, -0.2) is 0 Å².